The number of halogens is 1. The highest BCUT2D eigenvalue weighted by Crippen LogP contribution is 2.60. The number of anilines is 1. The summed E-state index contributed by atoms with van der Waals surface area (Å²) in [6.07, 6.45) is 1.32. The topological polar surface area (TPSA) is 108 Å². The summed E-state index contributed by atoms with van der Waals surface area (Å²) in [5.74, 6) is -2.84. The van der Waals surface area contributed by atoms with E-state index in [2.05, 4.69) is 21.2 Å². The summed E-state index contributed by atoms with van der Waals surface area (Å²) in [6, 6.07) is 6.24. The Morgan fingerprint density at radius 2 is 1.90 bits per heavy atom. The SMILES string of the molecule is CCCOC(=O)c1ccc(NC(=O)COC(=O)[C@@H]2[C@H]3C[C@H]4[C@H](OC(=O)[C@H]42)[C@H]3Br)cc1. The maximum Gasteiger partial charge on any atom is 0.338 e. The Morgan fingerprint density at radius 1 is 1.17 bits per heavy atom. The van der Waals surface area contributed by atoms with Crippen molar-refractivity contribution < 1.29 is 33.4 Å². The number of hydrogen-bond donors (Lipinski definition) is 1. The van der Waals surface area contributed by atoms with Gasteiger partial charge in [-0.15, -0.1) is 0 Å². The van der Waals surface area contributed by atoms with Crippen LogP contribution in [0.3, 0.4) is 0 Å². The fourth-order valence-electron chi connectivity index (χ4n) is 4.69. The molecule has 2 aliphatic carbocycles. The Balaban J connectivity index is 1.28. The monoisotopic (exact) mass is 479 g/mol. The van der Waals surface area contributed by atoms with Crippen LogP contribution >= 0.6 is 15.9 Å². The number of fused-ring (bicyclic) bond motifs is 1. The van der Waals surface area contributed by atoms with E-state index in [0.717, 1.165) is 12.8 Å². The Morgan fingerprint density at radius 3 is 2.60 bits per heavy atom. The van der Waals surface area contributed by atoms with E-state index in [9.17, 15) is 19.2 Å². The summed E-state index contributed by atoms with van der Waals surface area (Å²) in [6.45, 7) is 1.80. The lowest BCUT2D eigenvalue weighted by Gasteiger charge is -2.26. The molecule has 3 fully saturated rings. The van der Waals surface area contributed by atoms with E-state index in [-0.39, 0.29) is 28.7 Å². The van der Waals surface area contributed by atoms with Crippen LogP contribution in [-0.2, 0) is 28.6 Å². The first-order valence-corrected chi connectivity index (χ1v) is 10.9. The first-order chi connectivity index (χ1) is 14.4. The van der Waals surface area contributed by atoms with Crippen molar-refractivity contribution in [2.24, 2.45) is 23.7 Å². The Kier molecular flexibility index (Phi) is 5.81. The zero-order valence-corrected chi connectivity index (χ0v) is 17.9. The lowest BCUT2D eigenvalue weighted by molar-refractivity contribution is -0.157. The third kappa shape index (κ3) is 3.71. The highest BCUT2D eigenvalue weighted by Gasteiger charge is 2.68. The average Bonchev–Trinajstić information content (AvgIpc) is 3.35. The molecule has 0 unspecified atom stereocenters. The van der Waals surface area contributed by atoms with Crippen LogP contribution in [0.4, 0.5) is 5.69 Å². The number of benzene rings is 1. The van der Waals surface area contributed by atoms with Crippen molar-refractivity contribution in [3.63, 3.8) is 0 Å². The second-order valence-corrected chi connectivity index (χ2v) is 8.89. The number of amides is 1. The molecule has 1 aromatic carbocycles. The molecule has 6 atom stereocenters. The van der Waals surface area contributed by atoms with E-state index < -0.39 is 36.3 Å². The van der Waals surface area contributed by atoms with Crippen LogP contribution in [0.5, 0.6) is 0 Å². The summed E-state index contributed by atoms with van der Waals surface area (Å²) in [7, 11) is 0. The molecule has 1 amide bonds. The molecule has 3 aliphatic rings. The van der Waals surface area contributed by atoms with Crippen LogP contribution < -0.4 is 5.32 Å². The van der Waals surface area contributed by atoms with Crippen molar-refractivity contribution in [1.82, 2.24) is 0 Å². The minimum Gasteiger partial charge on any atom is -0.462 e. The molecule has 0 radical (unpaired) electrons. The van der Waals surface area contributed by atoms with Gasteiger partial charge in [0.1, 0.15) is 6.10 Å². The van der Waals surface area contributed by atoms with Crippen LogP contribution in [0.25, 0.3) is 0 Å². The zero-order valence-electron chi connectivity index (χ0n) is 16.3. The molecule has 9 heteroatoms. The second kappa shape index (κ2) is 8.37. The third-order valence-electron chi connectivity index (χ3n) is 5.98. The maximum absolute atomic E-state index is 12.6. The predicted molar refractivity (Wildman–Crippen MR) is 108 cm³/mol. The molecule has 1 heterocycles. The highest BCUT2D eigenvalue weighted by molar-refractivity contribution is 9.09. The molecule has 2 saturated carbocycles. The lowest BCUT2D eigenvalue weighted by atomic mass is 9.80. The molecule has 0 spiro atoms. The standard InChI is InChI=1S/C21H22BrNO7/c1-2-7-28-19(25)10-3-5-11(6-4-10)23-14(24)9-29-20(26)15-12-8-13-16(15)21(27)30-18(13)17(12)22/h3-6,12-13,15-18H,2,7-9H2,1H3,(H,23,24)/t12-,13-,15-,16-,17+,18+/m1/s1. The Bertz CT molecular complexity index is 871. The van der Waals surface area contributed by atoms with Gasteiger partial charge in [-0.1, -0.05) is 22.9 Å². The largest absolute Gasteiger partial charge is 0.462 e. The molecule has 160 valence electrons. The number of carbonyl (C=O) groups excluding carboxylic acids is 4. The third-order valence-corrected chi connectivity index (χ3v) is 7.18. The lowest BCUT2D eigenvalue weighted by Crippen LogP contribution is -2.39. The highest BCUT2D eigenvalue weighted by atomic mass is 79.9. The second-order valence-electron chi connectivity index (χ2n) is 7.83. The van der Waals surface area contributed by atoms with E-state index in [0.29, 0.717) is 17.9 Å². The molecular formula is C21H22BrNO7. The summed E-state index contributed by atoms with van der Waals surface area (Å²) < 4.78 is 15.6. The normalized spacial score (nSPS) is 30.7. The fourth-order valence-corrected chi connectivity index (χ4v) is 5.74. The molecule has 4 rings (SSSR count). The van der Waals surface area contributed by atoms with Gasteiger partial charge in [-0.25, -0.2) is 4.79 Å². The summed E-state index contributed by atoms with van der Waals surface area (Å²) in [5.41, 5.74) is 0.848. The summed E-state index contributed by atoms with van der Waals surface area (Å²) >= 11 is 3.54. The van der Waals surface area contributed by atoms with Crippen molar-refractivity contribution in [3.8, 4) is 0 Å². The van der Waals surface area contributed by atoms with Crippen molar-refractivity contribution in [2.75, 3.05) is 18.5 Å². The van der Waals surface area contributed by atoms with Gasteiger partial charge in [-0.05, 0) is 43.0 Å². The van der Waals surface area contributed by atoms with E-state index in [4.69, 9.17) is 14.2 Å². The van der Waals surface area contributed by atoms with Gasteiger partial charge in [0.2, 0.25) is 0 Å². The van der Waals surface area contributed by atoms with Crippen LogP contribution in [0.2, 0.25) is 0 Å². The number of alkyl halides is 1. The molecule has 0 aromatic heterocycles. The maximum atomic E-state index is 12.6. The minimum absolute atomic E-state index is 0.0213. The van der Waals surface area contributed by atoms with Gasteiger partial charge in [-0.2, -0.15) is 0 Å². The van der Waals surface area contributed by atoms with Crippen molar-refractivity contribution >= 4 is 45.4 Å². The van der Waals surface area contributed by atoms with Gasteiger partial charge in [0.05, 0.1) is 28.8 Å². The van der Waals surface area contributed by atoms with Gasteiger partial charge in [-0.3, -0.25) is 14.4 Å². The summed E-state index contributed by atoms with van der Waals surface area (Å²) in [4.78, 5) is 48.6. The Hall–Kier alpha value is -2.42. The van der Waals surface area contributed by atoms with Gasteiger partial charge in [0.15, 0.2) is 6.61 Å². The average molecular weight is 480 g/mol. The smallest absolute Gasteiger partial charge is 0.338 e. The first-order valence-electron chi connectivity index (χ1n) is 9.99. The number of rotatable bonds is 7. The quantitative estimate of drug-likeness (QED) is 0.363. The van der Waals surface area contributed by atoms with E-state index in [1.807, 2.05) is 6.92 Å². The number of ether oxygens (including phenoxy) is 3. The number of nitrogens with one attached hydrogen (secondary N) is 1. The molecule has 1 saturated heterocycles. The molecule has 1 aliphatic heterocycles. The fraction of sp³-hybridized carbons (Fsp3) is 0.524. The molecule has 1 aromatic rings. The van der Waals surface area contributed by atoms with Crippen LogP contribution in [-0.4, -0.2) is 48.0 Å². The molecule has 30 heavy (non-hydrogen) atoms. The van der Waals surface area contributed by atoms with E-state index in [1.54, 1.807) is 24.3 Å². The predicted octanol–water partition coefficient (Wildman–Crippen LogP) is 2.31. The van der Waals surface area contributed by atoms with E-state index in [1.165, 1.54) is 0 Å². The van der Waals surface area contributed by atoms with Gasteiger partial charge in [0, 0.05) is 11.6 Å². The number of hydrogen-bond acceptors (Lipinski definition) is 7. The number of carbonyl (C=O) groups is 4. The summed E-state index contributed by atoms with van der Waals surface area (Å²) in [5, 5.41) is 2.61. The van der Waals surface area contributed by atoms with E-state index >= 15 is 0 Å². The Labute approximate surface area is 181 Å². The van der Waals surface area contributed by atoms with Crippen molar-refractivity contribution in [2.45, 2.75) is 30.7 Å². The van der Waals surface area contributed by atoms with Crippen LogP contribution in [0.15, 0.2) is 24.3 Å². The number of esters is 3. The van der Waals surface area contributed by atoms with Crippen LogP contribution in [0.1, 0.15) is 30.1 Å². The van der Waals surface area contributed by atoms with Gasteiger partial charge >= 0.3 is 17.9 Å². The van der Waals surface area contributed by atoms with Crippen molar-refractivity contribution in [1.29, 1.82) is 0 Å². The van der Waals surface area contributed by atoms with Gasteiger partial charge < -0.3 is 19.5 Å². The van der Waals surface area contributed by atoms with Gasteiger partial charge in [0.25, 0.3) is 5.91 Å². The van der Waals surface area contributed by atoms with Crippen molar-refractivity contribution in [3.05, 3.63) is 29.8 Å². The molecule has 2 bridgehead atoms. The minimum atomic E-state index is -0.577. The molecular weight excluding hydrogens is 458 g/mol. The molecule has 1 N–H and O–H groups in total. The first kappa shape index (κ1) is 20.8. The molecule has 8 nitrogen and oxygen atoms in total. The zero-order chi connectivity index (χ0) is 21.4. The van der Waals surface area contributed by atoms with Crippen LogP contribution in [0, 0.1) is 23.7 Å².